The molecule has 0 spiro atoms. The number of benzene rings is 1. The zero-order valence-corrected chi connectivity index (χ0v) is 20.6. The summed E-state index contributed by atoms with van der Waals surface area (Å²) in [4.78, 5) is 23.1. The van der Waals surface area contributed by atoms with Crippen LogP contribution in [0.25, 0.3) is 22.5 Å². The second kappa shape index (κ2) is 10.6. The van der Waals surface area contributed by atoms with Crippen molar-refractivity contribution in [2.24, 2.45) is 0 Å². The Morgan fingerprint density at radius 2 is 1.67 bits per heavy atom. The summed E-state index contributed by atoms with van der Waals surface area (Å²) in [6.45, 7) is 13.1. The number of rotatable bonds is 3. The molecule has 0 N–H and O–H groups in total. The molecule has 176 valence electrons. The topological polar surface area (TPSA) is 73.1 Å². The van der Waals surface area contributed by atoms with Crippen LogP contribution in [0.3, 0.4) is 0 Å². The van der Waals surface area contributed by atoms with Crippen LogP contribution < -0.4 is 0 Å². The fourth-order valence-corrected chi connectivity index (χ4v) is 3.74. The Morgan fingerprint density at radius 3 is 2.27 bits per heavy atom. The summed E-state index contributed by atoms with van der Waals surface area (Å²) in [5.41, 5.74) is 3.66. The van der Waals surface area contributed by atoms with E-state index in [4.69, 9.17) is 4.74 Å². The quantitative estimate of drug-likeness (QED) is 0.497. The van der Waals surface area contributed by atoms with Crippen LogP contribution >= 0.6 is 0 Å². The molecule has 7 nitrogen and oxygen atoms in total. The van der Waals surface area contributed by atoms with Crippen LogP contribution in [-0.2, 0) is 4.74 Å². The number of hydrogen-bond acceptors (Lipinski definition) is 5. The summed E-state index contributed by atoms with van der Waals surface area (Å²) >= 11 is 0. The Bertz CT molecular complexity index is 1050. The zero-order valence-electron chi connectivity index (χ0n) is 20.6. The van der Waals surface area contributed by atoms with Crippen LogP contribution in [0, 0.1) is 6.92 Å². The highest BCUT2D eigenvalue weighted by molar-refractivity contribution is 5.68. The van der Waals surface area contributed by atoms with Crippen molar-refractivity contribution in [1.82, 2.24) is 24.6 Å². The summed E-state index contributed by atoms with van der Waals surface area (Å²) in [5, 5.41) is 4.56. The van der Waals surface area contributed by atoms with Crippen LogP contribution in [0.5, 0.6) is 0 Å². The number of likely N-dealkylation sites (tertiary alicyclic amines) is 1. The van der Waals surface area contributed by atoms with Crippen molar-refractivity contribution in [2.75, 3.05) is 13.1 Å². The van der Waals surface area contributed by atoms with Gasteiger partial charge in [0.1, 0.15) is 5.60 Å². The van der Waals surface area contributed by atoms with E-state index in [-0.39, 0.29) is 12.1 Å². The normalized spacial score (nSPS) is 14.4. The molecular formula is C26H35N5O2. The van der Waals surface area contributed by atoms with Gasteiger partial charge in [-0.25, -0.2) is 14.8 Å². The highest BCUT2D eigenvalue weighted by Gasteiger charge is 2.27. The maximum Gasteiger partial charge on any atom is 0.410 e. The Balaban J connectivity index is 0.00000149. The van der Waals surface area contributed by atoms with Crippen molar-refractivity contribution < 1.29 is 9.53 Å². The number of amides is 1. The van der Waals surface area contributed by atoms with Crippen LogP contribution in [0.4, 0.5) is 4.79 Å². The molecule has 1 fully saturated rings. The molecule has 0 atom stereocenters. The molecule has 0 saturated carbocycles. The first-order chi connectivity index (χ1) is 15.8. The van der Waals surface area contributed by atoms with E-state index in [1.807, 2.05) is 76.2 Å². The van der Waals surface area contributed by atoms with Gasteiger partial charge in [0.25, 0.3) is 0 Å². The summed E-state index contributed by atoms with van der Waals surface area (Å²) in [6.07, 6.45) is 9.04. The number of aromatic nitrogens is 4. The van der Waals surface area contributed by atoms with Crippen LogP contribution in [-0.4, -0.2) is 49.4 Å². The standard InChI is InChI=1S/C24H29N5O2.C2H6/c1-17-6-5-7-18(12-17)22-25-13-19(14-26-22)20-15-27-29(16-20)21-8-10-28(11-9-21)23(30)31-24(2,3)4;1-2/h5-7,12-16,21H,8-11H2,1-4H3;1-2H3. The monoisotopic (exact) mass is 449 g/mol. The van der Waals surface area contributed by atoms with Gasteiger partial charge in [-0.3, -0.25) is 4.68 Å². The minimum atomic E-state index is -0.470. The third-order valence-corrected chi connectivity index (χ3v) is 5.35. The van der Waals surface area contributed by atoms with E-state index in [9.17, 15) is 4.79 Å². The predicted molar refractivity (Wildman–Crippen MR) is 131 cm³/mol. The lowest BCUT2D eigenvalue weighted by Gasteiger charge is -2.33. The molecule has 4 rings (SSSR count). The smallest absolute Gasteiger partial charge is 0.410 e. The molecular weight excluding hydrogens is 414 g/mol. The van der Waals surface area contributed by atoms with Gasteiger partial charge in [-0.05, 0) is 46.6 Å². The minimum Gasteiger partial charge on any atom is -0.444 e. The summed E-state index contributed by atoms with van der Waals surface area (Å²) in [6, 6.07) is 8.44. The Labute approximate surface area is 196 Å². The second-order valence-corrected chi connectivity index (χ2v) is 9.07. The Hall–Kier alpha value is -3.22. The van der Waals surface area contributed by atoms with Crippen molar-refractivity contribution in [3.8, 4) is 22.5 Å². The van der Waals surface area contributed by atoms with Crippen LogP contribution in [0.1, 0.15) is 59.1 Å². The number of carbonyl (C=O) groups excluding carboxylic acids is 1. The van der Waals surface area contributed by atoms with Gasteiger partial charge >= 0.3 is 6.09 Å². The molecule has 1 aromatic carbocycles. The summed E-state index contributed by atoms with van der Waals surface area (Å²) in [5.74, 6) is 0.717. The molecule has 33 heavy (non-hydrogen) atoms. The first-order valence-electron chi connectivity index (χ1n) is 11.7. The average Bonchev–Trinajstić information content (AvgIpc) is 3.30. The van der Waals surface area contributed by atoms with Crippen LogP contribution in [0.15, 0.2) is 49.1 Å². The highest BCUT2D eigenvalue weighted by atomic mass is 16.6. The molecule has 1 aliphatic rings. The van der Waals surface area contributed by atoms with Crippen molar-refractivity contribution in [3.63, 3.8) is 0 Å². The zero-order chi connectivity index (χ0) is 24.0. The first kappa shape index (κ1) is 24.4. The van der Waals surface area contributed by atoms with Gasteiger partial charge in [-0.2, -0.15) is 5.10 Å². The fourth-order valence-electron chi connectivity index (χ4n) is 3.74. The molecule has 3 heterocycles. The number of piperidine rings is 1. The molecule has 1 saturated heterocycles. The highest BCUT2D eigenvalue weighted by Crippen LogP contribution is 2.26. The molecule has 2 aromatic heterocycles. The molecule has 0 radical (unpaired) electrons. The van der Waals surface area contributed by atoms with Crippen molar-refractivity contribution in [1.29, 1.82) is 0 Å². The lowest BCUT2D eigenvalue weighted by atomic mass is 10.1. The van der Waals surface area contributed by atoms with E-state index in [0.29, 0.717) is 18.9 Å². The van der Waals surface area contributed by atoms with Crippen molar-refractivity contribution in [2.45, 2.75) is 66.0 Å². The number of hydrogen-bond donors (Lipinski definition) is 0. The van der Waals surface area contributed by atoms with E-state index in [2.05, 4.69) is 34.1 Å². The lowest BCUT2D eigenvalue weighted by Crippen LogP contribution is -2.42. The van der Waals surface area contributed by atoms with Crippen LogP contribution in [0.2, 0.25) is 0 Å². The second-order valence-electron chi connectivity index (χ2n) is 9.07. The predicted octanol–water partition coefficient (Wildman–Crippen LogP) is 5.91. The molecule has 0 aliphatic carbocycles. The van der Waals surface area contributed by atoms with E-state index in [0.717, 1.165) is 29.5 Å². The number of carbonyl (C=O) groups is 1. The van der Waals surface area contributed by atoms with Crippen molar-refractivity contribution >= 4 is 6.09 Å². The average molecular weight is 450 g/mol. The largest absolute Gasteiger partial charge is 0.444 e. The number of nitrogens with zero attached hydrogens (tertiary/aromatic N) is 5. The van der Waals surface area contributed by atoms with Gasteiger partial charge in [0, 0.05) is 48.4 Å². The van der Waals surface area contributed by atoms with Gasteiger partial charge in [0.2, 0.25) is 0 Å². The van der Waals surface area contributed by atoms with Gasteiger partial charge in [-0.15, -0.1) is 0 Å². The lowest BCUT2D eigenvalue weighted by molar-refractivity contribution is 0.0185. The molecule has 0 unspecified atom stereocenters. The molecule has 1 amide bonds. The van der Waals surface area contributed by atoms with E-state index in [1.54, 1.807) is 4.90 Å². The molecule has 3 aromatic rings. The molecule has 0 bridgehead atoms. The third kappa shape index (κ3) is 6.40. The molecule has 1 aliphatic heterocycles. The number of ether oxygens (including phenoxy) is 1. The van der Waals surface area contributed by atoms with E-state index in [1.165, 1.54) is 5.56 Å². The minimum absolute atomic E-state index is 0.238. The van der Waals surface area contributed by atoms with Gasteiger partial charge in [0.15, 0.2) is 5.82 Å². The van der Waals surface area contributed by atoms with E-state index < -0.39 is 5.60 Å². The van der Waals surface area contributed by atoms with Gasteiger partial charge in [-0.1, -0.05) is 37.6 Å². The summed E-state index contributed by atoms with van der Waals surface area (Å²) < 4.78 is 7.48. The first-order valence-corrected chi connectivity index (χ1v) is 11.7. The SMILES string of the molecule is CC.Cc1cccc(-c2ncc(-c3cnn(C4CCN(C(=O)OC(C)(C)C)CC4)c3)cn2)c1. The van der Waals surface area contributed by atoms with Gasteiger partial charge in [0.05, 0.1) is 12.2 Å². The maximum absolute atomic E-state index is 12.3. The Kier molecular flexibility index (Phi) is 7.84. The van der Waals surface area contributed by atoms with Gasteiger partial charge < -0.3 is 9.64 Å². The molecule has 7 heteroatoms. The maximum atomic E-state index is 12.3. The Morgan fingerprint density at radius 1 is 1.00 bits per heavy atom. The van der Waals surface area contributed by atoms with Crippen molar-refractivity contribution in [3.05, 3.63) is 54.6 Å². The fraction of sp³-hybridized carbons (Fsp3) is 0.462. The third-order valence-electron chi connectivity index (χ3n) is 5.35. The summed E-state index contributed by atoms with van der Waals surface area (Å²) in [7, 11) is 0. The van der Waals surface area contributed by atoms with E-state index >= 15 is 0 Å². The number of aryl methyl sites for hydroxylation is 1.